The summed E-state index contributed by atoms with van der Waals surface area (Å²) in [5.74, 6) is 0.215. The highest BCUT2D eigenvalue weighted by Gasteiger charge is 2.37. The first kappa shape index (κ1) is 13.8. The molecule has 0 aromatic carbocycles. The number of aromatic nitrogens is 2. The summed E-state index contributed by atoms with van der Waals surface area (Å²) >= 11 is 0. The van der Waals surface area contributed by atoms with Crippen LogP contribution >= 0.6 is 0 Å². The van der Waals surface area contributed by atoms with Crippen LogP contribution in [0.1, 0.15) is 25.1 Å². The van der Waals surface area contributed by atoms with Gasteiger partial charge in [-0.2, -0.15) is 13.9 Å². The van der Waals surface area contributed by atoms with Crippen molar-refractivity contribution in [2.24, 2.45) is 7.05 Å². The van der Waals surface area contributed by atoms with Gasteiger partial charge in [-0.05, 0) is 6.92 Å². The molecule has 15 heavy (non-hydrogen) atoms. The van der Waals surface area contributed by atoms with Gasteiger partial charge in [-0.15, -0.1) is 0 Å². The van der Waals surface area contributed by atoms with Crippen LogP contribution in [0.2, 0.25) is 0 Å². The van der Waals surface area contributed by atoms with Gasteiger partial charge >= 0.3 is 6.11 Å². The zero-order valence-electron chi connectivity index (χ0n) is 9.64. The Morgan fingerprint density at radius 3 is 2.13 bits per heavy atom. The number of nitrogen functional groups attached to an aromatic ring is 1. The highest BCUT2D eigenvalue weighted by atomic mass is 19.3. The summed E-state index contributed by atoms with van der Waals surface area (Å²) in [6, 6.07) is 0. The Balaban J connectivity index is 0.000000921. The molecule has 0 aliphatic rings. The van der Waals surface area contributed by atoms with Crippen LogP contribution < -0.4 is 5.73 Å². The molecule has 1 rings (SSSR count). The van der Waals surface area contributed by atoms with Crippen molar-refractivity contribution in [1.82, 2.24) is 9.78 Å². The number of anilines is 1. The second-order valence-corrected chi connectivity index (χ2v) is 2.70. The highest BCUT2D eigenvalue weighted by molar-refractivity contribution is 5.43. The molecule has 0 saturated carbocycles. The Labute approximate surface area is 88.0 Å². The quantitative estimate of drug-likeness (QED) is 0.831. The fourth-order valence-electron chi connectivity index (χ4n) is 1.02. The lowest BCUT2D eigenvalue weighted by Crippen LogP contribution is -2.17. The van der Waals surface area contributed by atoms with Gasteiger partial charge in [0.2, 0.25) is 0 Å². The second kappa shape index (κ2) is 5.06. The Hall–Kier alpha value is -1.17. The zero-order valence-corrected chi connectivity index (χ0v) is 9.64. The number of nitrogens with zero attached hydrogens (tertiary/aromatic N) is 2. The minimum Gasteiger partial charge on any atom is -0.384 e. The van der Waals surface area contributed by atoms with Gasteiger partial charge in [0.05, 0.1) is 0 Å². The Bertz CT molecular complexity index is 323. The number of nitrogens with two attached hydrogens (primary N) is 1. The van der Waals surface area contributed by atoms with Crippen molar-refractivity contribution in [2.45, 2.75) is 26.9 Å². The molecule has 0 amide bonds. The van der Waals surface area contributed by atoms with Gasteiger partial charge in [-0.3, -0.25) is 4.68 Å². The van der Waals surface area contributed by atoms with E-state index in [2.05, 4.69) is 9.84 Å². The SMILES string of the molecule is CC.COC(F)(F)c1nn(C)c(N)c1C. The predicted molar refractivity (Wildman–Crippen MR) is 54.6 cm³/mol. The molecule has 4 nitrogen and oxygen atoms in total. The van der Waals surface area contributed by atoms with Gasteiger partial charge in [-0.25, -0.2) is 0 Å². The summed E-state index contributed by atoms with van der Waals surface area (Å²) in [4.78, 5) is 0. The minimum atomic E-state index is -3.38. The summed E-state index contributed by atoms with van der Waals surface area (Å²) in [5.41, 5.74) is 5.28. The second-order valence-electron chi connectivity index (χ2n) is 2.70. The number of ether oxygens (including phenoxy) is 1. The number of alkyl halides is 2. The standard InChI is InChI=1S/C7H11F2N3O.C2H6/c1-4-5(7(8,9)13-3)11-12(2)6(4)10;1-2/h10H2,1-3H3;1-2H3. The molecule has 0 bridgehead atoms. The number of hydrogen-bond donors (Lipinski definition) is 1. The van der Waals surface area contributed by atoms with E-state index in [9.17, 15) is 8.78 Å². The van der Waals surface area contributed by atoms with Crippen LogP contribution in [-0.2, 0) is 17.9 Å². The van der Waals surface area contributed by atoms with Gasteiger partial charge in [-0.1, -0.05) is 13.8 Å². The summed E-state index contributed by atoms with van der Waals surface area (Å²) in [6.45, 7) is 5.48. The molecule has 6 heteroatoms. The molecule has 1 aromatic heterocycles. The molecule has 0 unspecified atom stereocenters. The zero-order chi connectivity index (χ0) is 12.2. The summed E-state index contributed by atoms with van der Waals surface area (Å²) < 4.78 is 31.2. The molecule has 2 N–H and O–H groups in total. The van der Waals surface area contributed by atoms with Crippen LogP contribution in [0, 0.1) is 6.92 Å². The van der Waals surface area contributed by atoms with Gasteiger partial charge in [0, 0.05) is 19.7 Å². The number of aryl methyl sites for hydroxylation is 1. The topological polar surface area (TPSA) is 53.1 Å². The molecule has 0 saturated heterocycles. The number of halogens is 2. The van der Waals surface area contributed by atoms with Gasteiger partial charge in [0.25, 0.3) is 0 Å². The van der Waals surface area contributed by atoms with Gasteiger partial charge < -0.3 is 10.5 Å². The van der Waals surface area contributed by atoms with E-state index in [1.807, 2.05) is 13.8 Å². The first-order chi connectivity index (χ1) is 6.90. The van der Waals surface area contributed by atoms with Crippen LogP contribution in [0.15, 0.2) is 0 Å². The molecule has 1 heterocycles. The molecular weight excluding hydrogens is 204 g/mol. The Kier molecular flexibility index (Phi) is 4.67. The maximum Gasteiger partial charge on any atom is 0.401 e. The highest BCUT2D eigenvalue weighted by Crippen LogP contribution is 2.31. The predicted octanol–water partition coefficient (Wildman–Crippen LogP) is 2.03. The average molecular weight is 221 g/mol. The van der Waals surface area contributed by atoms with Crippen LogP contribution in [-0.4, -0.2) is 16.9 Å². The molecule has 0 spiro atoms. The molecule has 0 atom stereocenters. The number of hydrogen-bond acceptors (Lipinski definition) is 3. The average Bonchev–Trinajstić information content (AvgIpc) is 2.49. The van der Waals surface area contributed by atoms with Crippen LogP contribution in [0.4, 0.5) is 14.6 Å². The summed E-state index contributed by atoms with van der Waals surface area (Å²) in [5, 5.41) is 3.57. The lowest BCUT2D eigenvalue weighted by Gasteiger charge is -2.11. The van der Waals surface area contributed by atoms with E-state index < -0.39 is 11.8 Å². The van der Waals surface area contributed by atoms with Crippen molar-refractivity contribution in [2.75, 3.05) is 12.8 Å². The van der Waals surface area contributed by atoms with Crippen LogP contribution in [0.5, 0.6) is 0 Å². The molecular formula is C9H17F2N3O. The van der Waals surface area contributed by atoms with Gasteiger partial charge in [0.1, 0.15) is 5.82 Å². The fourth-order valence-corrected chi connectivity index (χ4v) is 1.02. The lowest BCUT2D eigenvalue weighted by molar-refractivity contribution is -0.234. The third-order valence-electron chi connectivity index (χ3n) is 1.87. The smallest absolute Gasteiger partial charge is 0.384 e. The van der Waals surface area contributed by atoms with E-state index in [0.717, 1.165) is 7.11 Å². The largest absolute Gasteiger partial charge is 0.401 e. The van der Waals surface area contributed by atoms with Crippen molar-refractivity contribution >= 4 is 5.82 Å². The molecule has 88 valence electrons. The number of rotatable bonds is 2. The van der Waals surface area contributed by atoms with E-state index in [0.29, 0.717) is 0 Å². The first-order valence-electron chi connectivity index (χ1n) is 4.62. The van der Waals surface area contributed by atoms with E-state index in [1.165, 1.54) is 18.7 Å². The lowest BCUT2D eigenvalue weighted by atomic mass is 10.2. The van der Waals surface area contributed by atoms with Crippen LogP contribution in [0.3, 0.4) is 0 Å². The third-order valence-corrected chi connectivity index (χ3v) is 1.87. The Morgan fingerprint density at radius 1 is 1.40 bits per heavy atom. The van der Waals surface area contributed by atoms with E-state index in [-0.39, 0.29) is 11.4 Å². The molecule has 0 fully saturated rings. The van der Waals surface area contributed by atoms with Crippen molar-refractivity contribution in [3.8, 4) is 0 Å². The number of methoxy groups -OCH3 is 1. The maximum absolute atomic E-state index is 13.0. The van der Waals surface area contributed by atoms with Crippen molar-refractivity contribution < 1.29 is 13.5 Å². The van der Waals surface area contributed by atoms with E-state index in [4.69, 9.17) is 5.73 Å². The molecule has 0 aliphatic carbocycles. The maximum atomic E-state index is 13.0. The molecule has 1 aromatic rings. The monoisotopic (exact) mass is 221 g/mol. The fraction of sp³-hybridized carbons (Fsp3) is 0.667. The van der Waals surface area contributed by atoms with E-state index >= 15 is 0 Å². The Morgan fingerprint density at radius 2 is 1.87 bits per heavy atom. The van der Waals surface area contributed by atoms with Gasteiger partial charge in [0.15, 0.2) is 5.69 Å². The van der Waals surface area contributed by atoms with Crippen LogP contribution in [0.25, 0.3) is 0 Å². The summed E-state index contributed by atoms with van der Waals surface area (Å²) in [6.07, 6.45) is -3.38. The van der Waals surface area contributed by atoms with Crippen molar-refractivity contribution in [3.05, 3.63) is 11.3 Å². The first-order valence-corrected chi connectivity index (χ1v) is 4.62. The third kappa shape index (κ3) is 2.65. The van der Waals surface area contributed by atoms with Crippen molar-refractivity contribution in [1.29, 1.82) is 0 Å². The van der Waals surface area contributed by atoms with Crippen molar-refractivity contribution in [3.63, 3.8) is 0 Å². The summed E-state index contributed by atoms with van der Waals surface area (Å²) in [7, 11) is 2.42. The van der Waals surface area contributed by atoms with E-state index in [1.54, 1.807) is 0 Å². The minimum absolute atomic E-state index is 0.215. The molecule has 0 aliphatic heterocycles. The normalized spacial score (nSPS) is 10.9. The molecule has 0 radical (unpaired) electrons.